The van der Waals surface area contributed by atoms with Crippen LogP contribution in [-0.4, -0.2) is 39.7 Å². The van der Waals surface area contributed by atoms with Gasteiger partial charge in [-0.1, -0.05) is 25.5 Å². The summed E-state index contributed by atoms with van der Waals surface area (Å²) in [5.41, 5.74) is 1.44. The molecule has 0 radical (unpaired) electrons. The van der Waals surface area contributed by atoms with Crippen molar-refractivity contribution in [1.82, 2.24) is 4.90 Å². The second-order valence-corrected chi connectivity index (χ2v) is 9.77. The van der Waals surface area contributed by atoms with Crippen LogP contribution in [0.5, 0.6) is 0 Å². The summed E-state index contributed by atoms with van der Waals surface area (Å²) in [7, 11) is 0. The quantitative estimate of drug-likeness (QED) is 0.635. The van der Waals surface area contributed by atoms with E-state index in [1.54, 1.807) is 12.1 Å². The Morgan fingerprint density at radius 1 is 1.15 bits per heavy atom. The number of hydrogen-bond acceptors (Lipinski definition) is 4. The van der Waals surface area contributed by atoms with Gasteiger partial charge in [-0.2, -0.15) is 0 Å². The van der Waals surface area contributed by atoms with E-state index in [-0.39, 0.29) is 22.3 Å². The second kappa shape index (κ2) is 6.85. The zero-order chi connectivity index (χ0) is 19.3. The first-order valence-corrected chi connectivity index (χ1v) is 10.4. The fourth-order valence-corrected chi connectivity index (χ4v) is 6.01. The highest BCUT2D eigenvalue weighted by atomic mass is 16.6. The molecule has 0 aromatic heterocycles. The lowest BCUT2D eigenvalue weighted by Crippen LogP contribution is -2.53. The molecular formula is C22H32N2O3. The molecule has 4 rings (SSSR count). The first-order chi connectivity index (χ1) is 12.8. The van der Waals surface area contributed by atoms with Crippen molar-refractivity contribution in [2.75, 3.05) is 13.1 Å². The number of benzene rings is 1. The highest BCUT2D eigenvalue weighted by molar-refractivity contribution is 5.36. The number of nitro groups is 1. The van der Waals surface area contributed by atoms with Crippen molar-refractivity contribution in [3.8, 4) is 0 Å². The Morgan fingerprint density at radius 3 is 2.48 bits per heavy atom. The van der Waals surface area contributed by atoms with Gasteiger partial charge in [0.1, 0.15) is 0 Å². The van der Waals surface area contributed by atoms with Gasteiger partial charge < -0.3 is 5.11 Å². The van der Waals surface area contributed by atoms with Gasteiger partial charge in [0, 0.05) is 36.7 Å². The number of fused-ring (bicyclic) bond motifs is 1. The van der Waals surface area contributed by atoms with E-state index in [1.165, 1.54) is 18.4 Å². The monoisotopic (exact) mass is 372 g/mol. The molecule has 3 fully saturated rings. The van der Waals surface area contributed by atoms with E-state index >= 15 is 0 Å². The molecule has 27 heavy (non-hydrogen) atoms. The highest BCUT2D eigenvalue weighted by Crippen LogP contribution is 2.54. The molecule has 1 N–H and O–H groups in total. The number of nitro benzene ring substituents is 1. The van der Waals surface area contributed by atoms with Crippen LogP contribution in [0.1, 0.15) is 57.9 Å². The maximum absolute atomic E-state index is 10.9. The van der Waals surface area contributed by atoms with Crippen molar-refractivity contribution < 1.29 is 10.0 Å². The molecule has 1 aromatic rings. The first-order valence-electron chi connectivity index (χ1n) is 10.4. The molecular weight excluding hydrogens is 340 g/mol. The zero-order valence-electron chi connectivity index (χ0n) is 16.7. The van der Waals surface area contributed by atoms with Crippen LogP contribution in [-0.2, 0) is 0 Å². The number of likely N-dealkylation sites (tertiary alicyclic amines) is 1. The molecule has 1 aromatic carbocycles. The Kier molecular flexibility index (Phi) is 4.79. The van der Waals surface area contributed by atoms with E-state index in [9.17, 15) is 15.2 Å². The van der Waals surface area contributed by atoms with Crippen LogP contribution in [0.15, 0.2) is 24.3 Å². The summed E-state index contributed by atoms with van der Waals surface area (Å²) >= 11 is 0. The van der Waals surface area contributed by atoms with Gasteiger partial charge in [0.15, 0.2) is 0 Å². The van der Waals surface area contributed by atoms with Crippen molar-refractivity contribution in [2.45, 2.75) is 64.0 Å². The molecule has 0 unspecified atom stereocenters. The van der Waals surface area contributed by atoms with Gasteiger partial charge in [0.2, 0.25) is 0 Å². The first kappa shape index (κ1) is 18.9. The van der Waals surface area contributed by atoms with Crippen LogP contribution in [0.25, 0.3) is 0 Å². The van der Waals surface area contributed by atoms with Crippen LogP contribution < -0.4 is 0 Å². The van der Waals surface area contributed by atoms with Crippen molar-refractivity contribution in [2.24, 2.45) is 23.7 Å². The summed E-state index contributed by atoms with van der Waals surface area (Å²) in [5.74, 6) is 2.87. The molecule has 5 heteroatoms. The zero-order valence-corrected chi connectivity index (χ0v) is 16.7. The normalized spacial score (nSPS) is 36.9. The Labute approximate surface area is 161 Å². The molecule has 5 nitrogen and oxygen atoms in total. The van der Waals surface area contributed by atoms with Crippen LogP contribution in [0.3, 0.4) is 0 Å². The molecule has 2 saturated carbocycles. The molecule has 6 atom stereocenters. The SMILES string of the molecule is C[C@@H]1CC[C@@H](C(C)(C)N2C[C@@H]3C[C@@H](c4ccc([N+](=O)[O-])cc4)[C@@H]3C2)[C@H](O)C1. The number of rotatable bonds is 4. The summed E-state index contributed by atoms with van der Waals surface area (Å²) < 4.78 is 0. The fourth-order valence-electron chi connectivity index (χ4n) is 6.01. The lowest BCUT2D eigenvalue weighted by atomic mass is 9.64. The van der Waals surface area contributed by atoms with Gasteiger partial charge in [0.25, 0.3) is 5.69 Å². The van der Waals surface area contributed by atoms with Gasteiger partial charge in [-0.15, -0.1) is 0 Å². The Morgan fingerprint density at radius 2 is 1.85 bits per heavy atom. The standard InChI is InChI=1S/C22H32N2O3/c1-14-4-9-20(21(25)10-14)22(2,3)23-12-16-11-18(19(16)13-23)15-5-7-17(8-6-15)24(26)27/h5-8,14,16,18-21,25H,4,9-13H2,1-3H3/t14-,16+,18+,19-,20-,21-/m1/s1. The Hall–Kier alpha value is -1.46. The molecule has 2 aliphatic carbocycles. The number of aliphatic hydroxyl groups is 1. The van der Waals surface area contributed by atoms with Crippen LogP contribution in [0.4, 0.5) is 5.69 Å². The highest BCUT2D eigenvalue weighted by Gasteiger charge is 2.52. The molecule has 1 saturated heterocycles. The van der Waals surface area contributed by atoms with Crippen LogP contribution in [0.2, 0.25) is 0 Å². The van der Waals surface area contributed by atoms with Gasteiger partial charge in [0.05, 0.1) is 11.0 Å². The van der Waals surface area contributed by atoms with Gasteiger partial charge in [-0.25, -0.2) is 0 Å². The third-order valence-corrected chi connectivity index (χ3v) is 7.90. The third kappa shape index (κ3) is 3.29. The molecule has 0 amide bonds. The van der Waals surface area contributed by atoms with E-state index < -0.39 is 0 Å². The second-order valence-electron chi connectivity index (χ2n) is 9.77. The smallest absolute Gasteiger partial charge is 0.269 e. The largest absolute Gasteiger partial charge is 0.393 e. The maximum Gasteiger partial charge on any atom is 0.269 e. The van der Waals surface area contributed by atoms with Crippen LogP contribution in [0, 0.1) is 33.8 Å². The number of aliphatic hydroxyl groups excluding tert-OH is 1. The lowest BCUT2D eigenvalue weighted by Gasteiger charge is -2.47. The number of nitrogens with zero attached hydrogens (tertiary/aromatic N) is 2. The van der Waals surface area contributed by atoms with Crippen LogP contribution >= 0.6 is 0 Å². The van der Waals surface area contributed by atoms with Gasteiger partial charge in [-0.3, -0.25) is 15.0 Å². The lowest BCUT2D eigenvalue weighted by molar-refractivity contribution is -0.384. The predicted molar refractivity (Wildman–Crippen MR) is 106 cm³/mol. The molecule has 148 valence electrons. The van der Waals surface area contributed by atoms with Crippen molar-refractivity contribution >= 4 is 5.69 Å². The average molecular weight is 373 g/mol. The van der Waals surface area contributed by atoms with Crippen molar-refractivity contribution in [3.05, 3.63) is 39.9 Å². The minimum absolute atomic E-state index is 0.0247. The Balaban J connectivity index is 1.43. The average Bonchev–Trinajstić information content (AvgIpc) is 2.93. The summed E-state index contributed by atoms with van der Waals surface area (Å²) in [6, 6.07) is 7.16. The maximum atomic E-state index is 10.9. The van der Waals surface area contributed by atoms with Gasteiger partial charge >= 0.3 is 0 Å². The van der Waals surface area contributed by atoms with E-state index in [1.807, 2.05) is 12.1 Å². The summed E-state index contributed by atoms with van der Waals surface area (Å²) in [6.07, 6.45) is 4.26. The molecule has 1 heterocycles. The van der Waals surface area contributed by atoms with E-state index in [0.717, 1.165) is 31.8 Å². The third-order valence-electron chi connectivity index (χ3n) is 7.90. The van der Waals surface area contributed by atoms with Crippen molar-refractivity contribution in [1.29, 1.82) is 0 Å². The molecule has 1 aliphatic heterocycles. The molecule has 0 spiro atoms. The topological polar surface area (TPSA) is 66.6 Å². The minimum atomic E-state index is -0.330. The molecule has 3 aliphatic rings. The van der Waals surface area contributed by atoms with E-state index in [4.69, 9.17) is 0 Å². The van der Waals surface area contributed by atoms with E-state index in [0.29, 0.717) is 23.7 Å². The minimum Gasteiger partial charge on any atom is -0.393 e. The number of hydrogen-bond donors (Lipinski definition) is 1. The Bertz CT molecular complexity index is 702. The summed E-state index contributed by atoms with van der Waals surface area (Å²) in [4.78, 5) is 13.2. The van der Waals surface area contributed by atoms with Gasteiger partial charge in [-0.05, 0) is 62.3 Å². The number of non-ortho nitro benzene ring substituents is 1. The summed E-state index contributed by atoms with van der Waals surface area (Å²) in [5, 5.41) is 21.6. The van der Waals surface area contributed by atoms with E-state index in [2.05, 4.69) is 25.7 Å². The summed E-state index contributed by atoms with van der Waals surface area (Å²) in [6.45, 7) is 9.10. The van der Waals surface area contributed by atoms with Crippen molar-refractivity contribution in [3.63, 3.8) is 0 Å². The predicted octanol–water partition coefficient (Wildman–Crippen LogP) is 4.21. The molecule has 0 bridgehead atoms. The fraction of sp³-hybridized carbons (Fsp3) is 0.727.